The summed E-state index contributed by atoms with van der Waals surface area (Å²) in [6, 6.07) is 17.4. The first-order valence-electron chi connectivity index (χ1n) is 10.2. The number of alkyl carbamates (subject to hydrolysis) is 1. The molecule has 0 heterocycles. The first-order valence-corrected chi connectivity index (χ1v) is 10.2. The van der Waals surface area contributed by atoms with Gasteiger partial charge in [-0.25, -0.2) is 9.59 Å². The smallest absolute Gasteiger partial charge is 0.408 e. The lowest BCUT2D eigenvalue weighted by Gasteiger charge is -2.22. The monoisotopic (exact) mass is 426 g/mol. The largest absolute Gasteiger partial charge is 0.459 e. The second-order valence-corrected chi connectivity index (χ2v) is 8.19. The minimum Gasteiger partial charge on any atom is -0.459 e. The normalized spacial score (nSPS) is 11.8. The van der Waals surface area contributed by atoms with E-state index < -0.39 is 18.1 Å². The van der Waals surface area contributed by atoms with E-state index in [1.54, 1.807) is 0 Å². The molecule has 0 saturated heterocycles. The molecule has 1 atom stereocenters. The van der Waals surface area contributed by atoms with Crippen LogP contribution in [0.15, 0.2) is 60.7 Å². The zero-order chi connectivity index (χ0) is 22.7. The van der Waals surface area contributed by atoms with Crippen LogP contribution >= 0.6 is 0 Å². The number of amides is 2. The van der Waals surface area contributed by atoms with Crippen molar-refractivity contribution in [3.8, 4) is 0 Å². The van der Waals surface area contributed by atoms with Gasteiger partial charge in [0.15, 0.2) is 0 Å². The Balaban J connectivity index is 1.93. The van der Waals surface area contributed by atoms with Crippen LogP contribution in [-0.4, -0.2) is 29.6 Å². The van der Waals surface area contributed by atoms with Gasteiger partial charge in [0.25, 0.3) is 0 Å². The molecule has 0 spiro atoms. The van der Waals surface area contributed by atoms with Crippen LogP contribution in [0.25, 0.3) is 0 Å². The first kappa shape index (κ1) is 23.9. The van der Waals surface area contributed by atoms with Gasteiger partial charge in [-0.05, 0) is 38.3 Å². The molecule has 0 bridgehead atoms. The van der Waals surface area contributed by atoms with Gasteiger partial charge in [0.1, 0.15) is 19.3 Å². The summed E-state index contributed by atoms with van der Waals surface area (Å²) in [5, 5.41) is 5.36. The predicted octanol–water partition coefficient (Wildman–Crippen LogP) is 3.72. The van der Waals surface area contributed by atoms with Gasteiger partial charge in [-0.2, -0.15) is 0 Å². The van der Waals surface area contributed by atoms with Gasteiger partial charge < -0.3 is 20.1 Å². The van der Waals surface area contributed by atoms with E-state index in [0.717, 1.165) is 11.1 Å². The van der Waals surface area contributed by atoms with Crippen molar-refractivity contribution in [2.75, 3.05) is 0 Å². The molecule has 2 N–H and O–H groups in total. The number of esters is 1. The minimum atomic E-state index is -1.00. The van der Waals surface area contributed by atoms with Gasteiger partial charge in [-0.15, -0.1) is 0 Å². The van der Waals surface area contributed by atoms with Crippen molar-refractivity contribution in [2.45, 2.75) is 58.4 Å². The zero-order valence-corrected chi connectivity index (χ0v) is 18.2. The molecule has 166 valence electrons. The summed E-state index contributed by atoms with van der Waals surface area (Å²) < 4.78 is 10.5. The molecule has 2 aromatic carbocycles. The average Bonchev–Trinajstić information content (AvgIpc) is 2.73. The van der Waals surface area contributed by atoms with Crippen LogP contribution in [0.3, 0.4) is 0 Å². The Kier molecular flexibility index (Phi) is 9.06. The standard InChI is InChI=1S/C24H30N2O5/c1-24(2,3)26-21(27)15-14-20(22(28)30-16-18-10-6-4-7-11-18)25-23(29)31-17-19-12-8-5-9-13-19/h4-13,20H,14-17H2,1-3H3,(H,25,29)(H,26,27)/t20-/m0/s1. The topological polar surface area (TPSA) is 93.7 Å². The molecule has 0 fully saturated rings. The summed E-state index contributed by atoms with van der Waals surface area (Å²) in [7, 11) is 0. The first-order chi connectivity index (χ1) is 14.7. The highest BCUT2D eigenvalue weighted by Crippen LogP contribution is 2.08. The third-order valence-corrected chi connectivity index (χ3v) is 4.19. The van der Waals surface area contributed by atoms with Crippen molar-refractivity contribution >= 4 is 18.0 Å². The van der Waals surface area contributed by atoms with E-state index in [-0.39, 0.29) is 37.5 Å². The fraction of sp³-hybridized carbons (Fsp3) is 0.375. The van der Waals surface area contributed by atoms with Gasteiger partial charge in [0.05, 0.1) is 0 Å². The van der Waals surface area contributed by atoms with Crippen molar-refractivity contribution in [3.05, 3.63) is 71.8 Å². The van der Waals surface area contributed by atoms with Crippen LogP contribution in [0, 0.1) is 0 Å². The molecule has 7 nitrogen and oxygen atoms in total. The molecule has 31 heavy (non-hydrogen) atoms. The quantitative estimate of drug-likeness (QED) is 0.596. The van der Waals surface area contributed by atoms with Gasteiger partial charge in [0, 0.05) is 12.0 Å². The third kappa shape index (κ3) is 9.80. The number of hydrogen-bond acceptors (Lipinski definition) is 5. The lowest BCUT2D eigenvalue weighted by atomic mass is 10.1. The number of ether oxygens (including phenoxy) is 2. The summed E-state index contributed by atoms with van der Waals surface area (Å²) in [5.41, 5.74) is 1.26. The number of rotatable bonds is 9. The molecule has 2 amide bonds. The maximum atomic E-state index is 12.6. The summed E-state index contributed by atoms with van der Waals surface area (Å²) in [6.45, 7) is 5.76. The Hall–Kier alpha value is -3.35. The molecule has 0 aliphatic heterocycles. The van der Waals surface area contributed by atoms with Gasteiger partial charge in [-0.1, -0.05) is 60.7 Å². The lowest BCUT2D eigenvalue weighted by molar-refractivity contribution is -0.147. The Morgan fingerprint density at radius 2 is 1.35 bits per heavy atom. The molecule has 0 aliphatic carbocycles. The van der Waals surface area contributed by atoms with E-state index in [1.165, 1.54) is 0 Å². The van der Waals surface area contributed by atoms with Crippen LogP contribution in [0.1, 0.15) is 44.7 Å². The Bertz CT molecular complexity index is 847. The van der Waals surface area contributed by atoms with Crippen LogP contribution in [-0.2, 0) is 32.3 Å². The van der Waals surface area contributed by atoms with Crippen molar-refractivity contribution in [2.24, 2.45) is 0 Å². The van der Waals surface area contributed by atoms with E-state index in [0.29, 0.717) is 0 Å². The second kappa shape index (κ2) is 11.7. The maximum absolute atomic E-state index is 12.6. The summed E-state index contributed by atoms with van der Waals surface area (Å²) in [5.74, 6) is -0.836. The molecule has 0 radical (unpaired) electrons. The lowest BCUT2D eigenvalue weighted by Crippen LogP contribution is -2.44. The van der Waals surface area contributed by atoms with Crippen molar-refractivity contribution < 1.29 is 23.9 Å². The molecule has 0 saturated carbocycles. The molecular formula is C24H30N2O5. The van der Waals surface area contributed by atoms with Gasteiger partial charge in [-0.3, -0.25) is 4.79 Å². The third-order valence-electron chi connectivity index (χ3n) is 4.19. The van der Waals surface area contributed by atoms with Gasteiger partial charge >= 0.3 is 12.1 Å². The molecular weight excluding hydrogens is 396 g/mol. The number of nitrogens with one attached hydrogen (secondary N) is 2. The van der Waals surface area contributed by atoms with Crippen molar-refractivity contribution in [3.63, 3.8) is 0 Å². The highest BCUT2D eigenvalue weighted by atomic mass is 16.6. The number of hydrogen-bond donors (Lipinski definition) is 2. The summed E-state index contributed by atoms with van der Waals surface area (Å²) in [4.78, 5) is 37.0. The number of carbonyl (C=O) groups is 3. The Labute approximate surface area is 183 Å². The van der Waals surface area contributed by atoms with Gasteiger partial charge in [0.2, 0.25) is 5.91 Å². The van der Waals surface area contributed by atoms with Crippen LogP contribution in [0.4, 0.5) is 4.79 Å². The highest BCUT2D eigenvalue weighted by Gasteiger charge is 2.25. The fourth-order valence-electron chi connectivity index (χ4n) is 2.74. The zero-order valence-electron chi connectivity index (χ0n) is 18.2. The van der Waals surface area contributed by atoms with Crippen LogP contribution in [0.2, 0.25) is 0 Å². The van der Waals surface area contributed by atoms with Crippen LogP contribution in [0.5, 0.6) is 0 Å². The van der Waals surface area contributed by atoms with Crippen LogP contribution < -0.4 is 10.6 Å². The highest BCUT2D eigenvalue weighted by molar-refractivity contribution is 5.83. The summed E-state index contributed by atoms with van der Waals surface area (Å²) >= 11 is 0. The van der Waals surface area contributed by atoms with Crippen molar-refractivity contribution in [1.82, 2.24) is 10.6 Å². The van der Waals surface area contributed by atoms with E-state index >= 15 is 0 Å². The Morgan fingerprint density at radius 3 is 1.87 bits per heavy atom. The molecule has 0 unspecified atom stereocenters. The average molecular weight is 427 g/mol. The molecule has 2 rings (SSSR count). The number of benzene rings is 2. The fourth-order valence-corrected chi connectivity index (χ4v) is 2.74. The van der Waals surface area contributed by atoms with Crippen molar-refractivity contribution in [1.29, 1.82) is 0 Å². The Morgan fingerprint density at radius 1 is 0.839 bits per heavy atom. The number of carbonyl (C=O) groups excluding carboxylic acids is 3. The summed E-state index contributed by atoms with van der Waals surface area (Å²) in [6.07, 6.45) is -0.598. The molecule has 0 aromatic heterocycles. The van der Waals surface area contributed by atoms with E-state index in [4.69, 9.17) is 9.47 Å². The van der Waals surface area contributed by atoms with E-state index in [9.17, 15) is 14.4 Å². The van der Waals surface area contributed by atoms with E-state index in [2.05, 4.69) is 10.6 Å². The maximum Gasteiger partial charge on any atom is 0.408 e. The second-order valence-electron chi connectivity index (χ2n) is 8.19. The molecule has 0 aliphatic rings. The molecule has 2 aromatic rings. The van der Waals surface area contributed by atoms with E-state index in [1.807, 2.05) is 81.4 Å². The minimum absolute atomic E-state index is 0.0569. The molecule has 7 heteroatoms. The SMILES string of the molecule is CC(C)(C)NC(=O)CC[C@H](NC(=O)OCc1ccccc1)C(=O)OCc1ccccc1. The predicted molar refractivity (Wildman–Crippen MR) is 117 cm³/mol.